The monoisotopic (exact) mass is 577 g/mol. The molecular weight excluding hydrogens is 546 g/mol. The first-order valence-electron chi connectivity index (χ1n) is 13.4. The van der Waals surface area contributed by atoms with E-state index in [2.05, 4.69) is 20.2 Å². The molecule has 0 atom stereocenters. The van der Waals surface area contributed by atoms with Crippen molar-refractivity contribution >= 4 is 40.3 Å². The number of fused-ring (bicyclic) bond motifs is 1. The molecule has 1 saturated heterocycles. The first kappa shape index (κ1) is 28.3. The van der Waals surface area contributed by atoms with Crippen molar-refractivity contribution in [1.82, 2.24) is 29.3 Å². The van der Waals surface area contributed by atoms with Gasteiger partial charge in [0.15, 0.2) is 0 Å². The maximum absolute atomic E-state index is 14.1. The van der Waals surface area contributed by atoms with E-state index in [9.17, 15) is 9.59 Å². The molecule has 1 aliphatic heterocycles. The molecule has 1 amide bonds. The third kappa shape index (κ3) is 6.26. The number of aromatic nitrogens is 4. The predicted octanol–water partition coefficient (Wildman–Crippen LogP) is 3.82. The second kappa shape index (κ2) is 12.5. The van der Waals surface area contributed by atoms with Gasteiger partial charge in [0.25, 0.3) is 5.56 Å². The largest absolute Gasteiger partial charge is 0.497 e. The Bertz CT molecular complexity index is 1600. The van der Waals surface area contributed by atoms with Gasteiger partial charge in [-0.2, -0.15) is 4.98 Å². The number of aryl methyl sites for hydroxylation is 1. The minimum atomic E-state index is -0.237. The molecule has 12 heteroatoms. The Balaban J connectivity index is 1.52. The summed E-state index contributed by atoms with van der Waals surface area (Å²) in [6.45, 7) is 5.82. The van der Waals surface area contributed by atoms with E-state index in [0.29, 0.717) is 76.5 Å². The number of rotatable bonds is 9. The highest BCUT2D eigenvalue weighted by Crippen LogP contribution is 2.38. The van der Waals surface area contributed by atoms with Gasteiger partial charge in [0.1, 0.15) is 23.0 Å². The second-order valence-corrected chi connectivity index (χ2v) is 10.1. The Kier molecular flexibility index (Phi) is 8.65. The molecule has 41 heavy (non-hydrogen) atoms. The molecule has 4 heterocycles. The Morgan fingerprint density at radius 2 is 1.83 bits per heavy atom. The van der Waals surface area contributed by atoms with Crippen LogP contribution in [-0.2, 0) is 11.3 Å². The third-order valence-corrected chi connectivity index (χ3v) is 7.55. The summed E-state index contributed by atoms with van der Waals surface area (Å²) in [6, 6.07) is 10.7. The molecule has 0 radical (unpaired) electrons. The lowest BCUT2D eigenvalue weighted by Crippen LogP contribution is -2.48. The molecular formula is C29H32ClN7O4. The van der Waals surface area contributed by atoms with E-state index in [1.165, 1.54) is 7.11 Å². The number of amides is 1. The molecule has 11 nitrogen and oxygen atoms in total. The van der Waals surface area contributed by atoms with E-state index in [-0.39, 0.29) is 11.5 Å². The standard InChI is InChI=1S/C29H32ClN7O4/c1-19(38)36-13-11-35(12-14-36)9-6-10-37-27-20(18-32-29(34-27)33-25-7-4-5-8-31-25)15-23(28(37)39)22-16-21(40-2)17-24(41-3)26(22)30/h4-5,7-8,15-18H,6,9-14H2,1-3H3,(H,31,32,33,34). The van der Waals surface area contributed by atoms with E-state index in [0.717, 1.165) is 19.6 Å². The maximum Gasteiger partial charge on any atom is 0.260 e. The fraction of sp³-hybridized carbons (Fsp3) is 0.345. The van der Waals surface area contributed by atoms with Gasteiger partial charge < -0.3 is 19.7 Å². The Labute approximate surface area is 242 Å². The van der Waals surface area contributed by atoms with Gasteiger partial charge in [-0.15, -0.1) is 0 Å². The Morgan fingerprint density at radius 3 is 2.51 bits per heavy atom. The summed E-state index contributed by atoms with van der Waals surface area (Å²) in [7, 11) is 3.06. The SMILES string of the molecule is COc1cc(OC)c(Cl)c(-c2cc3cnc(Nc4ccccn4)nc3n(CCCN3CCN(C(C)=O)CC3)c2=O)c1. The lowest BCUT2D eigenvalue weighted by molar-refractivity contribution is -0.130. The van der Waals surface area contributed by atoms with E-state index in [4.69, 9.17) is 26.1 Å². The van der Waals surface area contributed by atoms with Gasteiger partial charge in [-0.3, -0.25) is 19.1 Å². The van der Waals surface area contributed by atoms with Gasteiger partial charge in [-0.05, 0) is 37.2 Å². The fourth-order valence-electron chi connectivity index (χ4n) is 4.94. The minimum Gasteiger partial charge on any atom is -0.497 e. The number of nitrogens with one attached hydrogen (secondary N) is 1. The van der Waals surface area contributed by atoms with Gasteiger partial charge in [0.05, 0.1) is 19.2 Å². The molecule has 214 valence electrons. The molecule has 1 aromatic carbocycles. The number of carbonyl (C=O) groups excluding carboxylic acids is 1. The van der Waals surface area contributed by atoms with Gasteiger partial charge in [-0.25, -0.2) is 9.97 Å². The normalized spacial score (nSPS) is 13.8. The average molecular weight is 578 g/mol. The molecule has 1 fully saturated rings. The van der Waals surface area contributed by atoms with E-state index in [1.807, 2.05) is 23.1 Å². The van der Waals surface area contributed by atoms with Crippen LogP contribution in [0.5, 0.6) is 11.5 Å². The van der Waals surface area contributed by atoms with E-state index in [1.54, 1.807) is 49.2 Å². The molecule has 0 aliphatic carbocycles. The number of hydrogen-bond acceptors (Lipinski definition) is 9. The molecule has 1 aliphatic rings. The molecule has 0 bridgehead atoms. The summed E-state index contributed by atoms with van der Waals surface area (Å²) in [5, 5.41) is 4.10. The van der Waals surface area contributed by atoms with Gasteiger partial charge in [0.2, 0.25) is 11.9 Å². The van der Waals surface area contributed by atoms with Crippen molar-refractivity contribution in [3.8, 4) is 22.6 Å². The Hall–Kier alpha value is -4.22. The first-order valence-corrected chi connectivity index (χ1v) is 13.7. The van der Waals surface area contributed by atoms with Crippen LogP contribution >= 0.6 is 11.6 Å². The van der Waals surface area contributed by atoms with Crippen LogP contribution in [0.25, 0.3) is 22.2 Å². The molecule has 1 N–H and O–H groups in total. The number of anilines is 2. The number of hydrogen-bond donors (Lipinski definition) is 1. The fourth-order valence-corrected chi connectivity index (χ4v) is 5.23. The van der Waals surface area contributed by atoms with Gasteiger partial charge in [0, 0.05) is 74.6 Å². The van der Waals surface area contributed by atoms with Crippen LogP contribution in [0.2, 0.25) is 5.02 Å². The summed E-state index contributed by atoms with van der Waals surface area (Å²) >= 11 is 6.69. The smallest absolute Gasteiger partial charge is 0.260 e. The molecule has 3 aromatic heterocycles. The second-order valence-electron chi connectivity index (χ2n) is 9.72. The number of pyridine rings is 2. The number of nitrogens with zero attached hydrogens (tertiary/aromatic N) is 6. The van der Waals surface area contributed by atoms with Crippen LogP contribution in [0.3, 0.4) is 0 Å². The summed E-state index contributed by atoms with van der Waals surface area (Å²) in [4.78, 5) is 43.4. The van der Waals surface area contributed by atoms with Crippen molar-refractivity contribution in [3.63, 3.8) is 0 Å². The van der Waals surface area contributed by atoms with Gasteiger partial charge >= 0.3 is 0 Å². The van der Waals surface area contributed by atoms with Crippen molar-refractivity contribution < 1.29 is 14.3 Å². The molecule has 0 saturated carbocycles. The van der Waals surface area contributed by atoms with Crippen molar-refractivity contribution in [2.45, 2.75) is 19.9 Å². The number of methoxy groups -OCH3 is 2. The lowest BCUT2D eigenvalue weighted by atomic mass is 10.0. The van der Waals surface area contributed by atoms with Gasteiger partial charge in [-0.1, -0.05) is 17.7 Å². The quantitative estimate of drug-likeness (QED) is 0.317. The molecule has 4 aromatic rings. The van der Waals surface area contributed by atoms with Crippen LogP contribution in [-0.4, -0.2) is 82.2 Å². The Morgan fingerprint density at radius 1 is 1.02 bits per heavy atom. The van der Waals surface area contributed by atoms with Crippen LogP contribution in [0.15, 0.2) is 53.6 Å². The van der Waals surface area contributed by atoms with Crippen LogP contribution < -0.4 is 20.3 Å². The first-order chi connectivity index (χ1) is 19.9. The minimum absolute atomic E-state index is 0.0992. The predicted molar refractivity (Wildman–Crippen MR) is 158 cm³/mol. The lowest BCUT2D eigenvalue weighted by Gasteiger charge is -2.34. The molecule has 0 unspecified atom stereocenters. The topological polar surface area (TPSA) is 115 Å². The highest BCUT2D eigenvalue weighted by Gasteiger charge is 2.21. The van der Waals surface area contributed by atoms with Crippen LogP contribution in [0.4, 0.5) is 11.8 Å². The number of benzene rings is 1. The van der Waals surface area contributed by atoms with Crippen molar-refractivity contribution in [2.75, 3.05) is 52.3 Å². The summed E-state index contributed by atoms with van der Waals surface area (Å²) in [5.41, 5.74) is 1.15. The number of carbonyl (C=O) groups is 1. The van der Waals surface area contributed by atoms with Crippen LogP contribution in [0, 0.1) is 0 Å². The summed E-state index contributed by atoms with van der Waals surface area (Å²) in [6.07, 6.45) is 4.06. The zero-order valence-corrected chi connectivity index (χ0v) is 24.0. The number of halogens is 1. The molecule has 5 rings (SSSR count). The van der Waals surface area contributed by atoms with Crippen LogP contribution in [0.1, 0.15) is 13.3 Å². The number of piperazine rings is 1. The third-order valence-electron chi connectivity index (χ3n) is 7.16. The van der Waals surface area contributed by atoms with Crippen molar-refractivity contribution in [1.29, 1.82) is 0 Å². The molecule has 0 spiro atoms. The average Bonchev–Trinajstić information content (AvgIpc) is 2.99. The van der Waals surface area contributed by atoms with Crippen molar-refractivity contribution in [2.24, 2.45) is 0 Å². The van der Waals surface area contributed by atoms with E-state index >= 15 is 0 Å². The van der Waals surface area contributed by atoms with E-state index < -0.39 is 0 Å². The summed E-state index contributed by atoms with van der Waals surface area (Å²) in [5.74, 6) is 1.95. The number of ether oxygens (including phenoxy) is 2. The van der Waals surface area contributed by atoms with Crippen molar-refractivity contribution in [3.05, 3.63) is 64.2 Å². The summed E-state index contributed by atoms with van der Waals surface area (Å²) < 4.78 is 12.6. The maximum atomic E-state index is 14.1. The highest BCUT2D eigenvalue weighted by molar-refractivity contribution is 6.35. The highest BCUT2D eigenvalue weighted by atomic mass is 35.5. The zero-order chi connectivity index (χ0) is 28.9. The zero-order valence-electron chi connectivity index (χ0n) is 23.3.